The number of anilines is 1. The highest BCUT2D eigenvalue weighted by Crippen LogP contribution is 2.25. The Labute approximate surface area is 165 Å². The van der Waals surface area contributed by atoms with Crippen LogP contribution in [0.2, 0.25) is 10.0 Å². The van der Waals surface area contributed by atoms with Gasteiger partial charge in [-0.15, -0.1) is 0 Å². The minimum Gasteiger partial charge on any atom is -0.340 e. The fourth-order valence-electron chi connectivity index (χ4n) is 2.21. The van der Waals surface area contributed by atoms with E-state index in [1.807, 2.05) is 0 Å². The number of carbonyl (C=O) groups is 2. The molecule has 1 aromatic carbocycles. The number of nitrogens with one attached hydrogen (secondary N) is 2. The number of carbonyl (C=O) groups excluding carboxylic acids is 2. The molecule has 0 aliphatic carbocycles. The highest BCUT2D eigenvalue weighted by Gasteiger charge is 2.26. The van der Waals surface area contributed by atoms with Crippen molar-refractivity contribution in [3.05, 3.63) is 62.3 Å². The zero-order valence-corrected chi connectivity index (χ0v) is 15.9. The van der Waals surface area contributed by atoms with Crippen molar-refractivity contribution in [1.82, 2.24) is 10.3 Å². The summed E-state index contributed by atoms with van der Waals surface area (Å²) in [7, 11) is 0. The molecule has 2 rings (SSSR count). The average Bonchev–Trinajstić information content (AvgIpc) is 2.61. The number of nitro groups is 1. The second kappa shape index (κ2) is 8.79. The van der Waals surface area contributed by atoms with Crippen LogP contribution in [0.25, 0.3) is 0 Å². The lowest BCUT2D eigenvalue weighted by molar-refractivity contribution is -0.384. The van der Waals surface area contributed by atoms with Gasteiger partial charge in [-0.25, -0.2) is 4.98 Å². The summed E-state index contributed by atoms with van der Waals surface area (Å²) in [6.45, 7) is 3.51. The first-order valence-corrected chi connectivity index (χ1v) is 8.62. The Morgan fingerprint density at radius 1 is 1.19 bits per heavy atom. The first-order chi connectivity index (χ1) is 12.7. The average molecular weight is 411 g/mol. The van der Waals surface area contributed by atoms with Gasteiger partial charge in [0.15, 0.2) is 0 Å². The highest BCUT2D eigenvalue weighted by atomic mass is 35.5. The molecule has 1 aromatic heterocycles. The quantitative estimate of drug-likeness (QED) is 0.556. The summed E-state index contributed by atoms with van der Waals surface area (Å²) < 4.78 is 0. The molecular weight excluding hydrogens is 395 g/mol. The molecule has 27 heavy (non-hydrogen) atoms. The molecule has 0 fully saturated rings. The third-order valence-corrected chi connectivity index (χ3v) is 4.16. The van der Waals surface area contributed by atoms with Gasteiger partial charge in [-0.2, -0.15) is 0 Å². The molecule has 8 nitrogen and oxygen atoms in total. The van der Waals surface area contributed by atoms with Crippen LogP contribution < -0.4 is 10.6 Å². The molecule has 2 N–H and O–H groups in total. The standard InChI is InChI=1S/C17H16Cl2N4O4/c1-9(2)15(17(25)21-14-6-4-11(18)8-20-14)22-16(24)10-3-5-12(19)13(7-10)23(26)27/h3-9,15H,1-2H3,(H,22,24)(H,20,21,25). The molecule has 1 unspecified atom stereocenters. The number of rotatable bonds is 6. The van der Waals surface area contributed by atoms with Crippen LogP contribution in [-0.4, -0.2) is 27.8 Å². The van der Waals surface area contributed by atoms with Crippen LogP contribution in [0.15, 0.2) is 36.5 Å². The lowest BCUT2D eigenvalue weighted by atomic mass is 10.0. The molecule has 1 atom stereocenters. The van der Waals surface area contributed by atoms with Crippen molar-refractivity contribution >= 4 is 46.5 Å². The predicted molar refractivity (Wildman–Crippen MR) is 102 cm³/mol. The third kappa shape index (κ3) is 5.38. The number of nitro benzene ring substituents is 1. The monoisotopic (exact) mass is 410 g/mol. The zero-order chi connectivity index (χ0) is 20.1. The number of hydrogen-bond acceptors (Lipinski definition) is 5. The van der Waals surface area contributed by atoms with Crippen LogP contribution in [0.1, 0.15) is 24.2 Å². The van der Waals surface area contributed by atoms with Crippen LogP contribution in [0.5, 0.6) is 0 Å². The summed E-state index contributed by atoms with van der Waals surface area (Å²) in [5.41, 5.74) is -0.366. The van der Waals surface area contributed by atoms with Gasteiger partial charge in [-0.1, -0.05) is 37.0 Å². The number of aromatic nitrogens is 1. The minimum atomic E-state index is -0.885. The molecule has 0 saturated heterocycles. The Hall–Kier alpha value is -2.71. The van der Waals surface area contributed by atoms with Crippen molar-refractivity contribution in [2.24, 2.45) is 5.92 Å². The van der Waals surface area contributed by atoms with Gasteiger partial charge in [0.05, 0.1) is 9.95 Å². The van der Waals surface area contributed by atoms with Crippen molar-refractivity contribution in [2.45, 2.75) is 19.9 Å². The second-order valence-corrected chi connectivity index (χ2v) is 6.81. The van der Waals surface area contributed by atoms with Gasteiger partial charge in [0.1, 0.15) is 16.9 Å². The van der Waals surface area contributed by atoms with Crippen LogP contribution in [-0.2, 0) is 4.79 Å². The smallest absolute Gasteiger partial charge is 0.288 e. The van der Waals surface area contributed by atoms with Gasteiger partial charge in [-0.05, 0) is 30.2 Å². The first-order valence-electron chi connectivity index (χ1n) is 7.86. The molecular formula is C17H16Cl2N4O4. The van der Waals surface area contributed by atoms with E-state index >= 15 is 0 Å². The van der Waals surface area contributed by atoms with Crippen LogP contribution in [0.3, 0.4) is 0 Å². The number of benzene rings is 1. The van der Waals surface area contributed by atoms with Crippen LogP contribution >= 0.6 is 23.2 Å². The third-order valence-electron chi connectivity index (χ3n) is 3.62. The van der Waals surface area contributed by atoms with Crippen LogP contribution in [0.4, 0.5) is 11.5 Å². The molecule has 0 bridgehead atoms. The molecule has 0 spiro atoms. The van der Waals surface area contributed by atoms with E-state index in [0.29, 0.717) is 5.02 Å². The molecule has 1 heterocycles. The van der Waals surface area contributed by atoms with Crippen molar-refractivity contribution in [2.75, 3.05) is 5.32 Å². The van der Waals surface area contributed by atoms with Gasteiger partial charge in [0.2, 0.25) is 5.91 Å². The van der Waals surface area contributed by atoms with E-state index in [1.165, 1.54) is 24.4 Å². The SMILES string of the molecule is CC(C)C(NC(=O)c1ccc(Cl)c([N+](=O)[O-])c1)C(=O)Nc1ccc(Cl)cn1. The fourth-order valence-corrected chi connectivity index (χ4v) is 2.51. The van der Waals surface area contributed by atoms with Crippen molar-refractivity contribution in [3.8, 4) is 0 Å². The minimum absolute atomic E-state index is 0.0224. The summed E-state index contributed by atoms with van der Waals surface area (Å²) in [5, 5.41) is 16.5. The molecule has 10 heteroatoms. The number of halogens is 2. The van der Waals surface area contributed by atoms with Gasteiger partial charge in [0.25, 0.3) is 11.6 Å². The van der Waals surface area contributed by atoms with E-state index in [9.17, 15) is 19.7 Å². The van der Waals surface area contributed by atoms with E-state index in [2.05, 4.69) is 15.6 Å². The molecule has 2 amide bonds. The Kier molecular flexibility index (Phi) is 6.70. The van der Waals surface area contributed by atoms with E-state index < -0.39 is 22.8 Å². The van der Waals surface area contributed by atoms with Gasteiger partial charge < -0.3 is 10.6 Å². The maximum atomic E-state index is 12.5. The zero-order valence-electron chi connectivity index (χ0n) is 14.4. The van der Waals surface area contributed by atoms with Crippen LogP contribution in [0, 0.1) is 16.0 Å². The molecule has 0 radical (unpaired) electrons. The Morgan fingerprint density at radius 3 is 2.44 bits per heavy atom. The maximum absolute atomic E-state index is 12.5. The molecule has 0 saturated carbocycles. The van der Waals surface area contributed by atoms with E-state index in [0.717, 1.165) is 6.07 Å². The molecule has 0 aliphatic rings. The number of nitrogens with zero attached hydrogens (tertiary/aromatic N) is 2. The van der Waals surface area contributed by atoms with E-state index in [1.54, 1.807) is 19.9 Å². The number of amides is 2. The number of pyridine rings is 1. The molecule has 0 aliphatic heterocycles. The lowest BCUT2D eigenvalue weighted by Crippen LogP contribution is -2.47. The second-order valence-electron chi connectivity index (χ2n) is 5.97. The highest BCUT2D eigenvalue weighted by molar-refractivity contribution is 6.32. The van der Waals surface area contributed by atoms with E-state index in [4.69, 9.17) is 23.2 Å². The Balaban J connectivity index is 2.16. The summed E-state index contributed by atoms with van der Waals surface area (Å²) >= 11 is 11.5. The normalized spacial score (nSPS) is 11.7. The summed E-state index contributed by atoms with van der Waals surface area (Å²) in [4.78, 5) is 39.2. The largest absolute Gasteiger partial charge is 0.340 e. The molecule has 142 valence electrons. The topological polar surface area (TPSA) is 114 Å². The van der Waals surface area contributed by atoms with Gasteiger partial charge in [0, 0.05) is 17.8 Å². The Bertz CT molecular complexity index is 872. The maximum Gasteiger partial charge on any atom is 0.288 e. The summed E-state index contributed by atoms with van der Waals surface area (Å²) in [6.07, 6.45) is 1.38. The van der Waals surface area contributed by atoms with E-state index in [-0.39, 0.29) is 28.0 Å². The fraction of sp³-hybridized carbons (Fsp3) is 0.235. The summed E-state index contributed by atoms with van der Waals surface area (Å²) in [5.74, 6) is -1.07. The molecule has 2 aromatic rings. The lowest BCUT2D eigenvalue weighted by Gasteiger charge is -2.21. The van der Waals surface area contributed by atoms with Gasteiger partial charge in [-0.3, -0.25) is 19.7 Å². The van der Waals surface area contributed by atoms with Crippen molar-refractivity contribution in [1.29, 1.82) is 0 Å². The summed E-state index contributed by atoms with van der Waals surface area (Å²) in [6, 6.07) is 5.89. The number of hydrogen-bond donors (Lipinski definition) is 2. The van der Waals surface area contributed by atoms with Gasteiger partial charge >= 0.3 is 0 Å². The first kappa shape index (κ1) is 20.6. The van der Waals surface area contributed by atoms with Crippen molar-refractivity contribution in [3.63, 3.8) is 0 Å². The predicted octanol–water partition coefficient (Wildman–Crippen LogP) is 3.69. The van der Waals surface area contributed by atoms with Crippen molar-refractivity contribution < 1.29 is 14.5 Å². The Morgan fingerprint density at radius 2 is 1.89 bits per heavy atom.